The molecule has 20 heavy (non-hydrogen) atoms. The number of pyridine rings is 1. The number of aromatic nitrogens is 3. The molecule has 2 rings (SSSR count). The van der Waals surface area contributed by atoms with E-state index in [1.165, 1.54) is 0 Å². The highest BCUT2D eigenvalue weighted by Gasteiger charge is 2.19. The van der Waals surface area contributed by atoms with Crippen LogP contribution in [0, 0.1) is 0 Å². The van der Waals surface area contributed by atoms with Crippen molar-refractivity contribution in [1.29, 1.82) is 0 Å². The number of nitrogens with zero attached hydrogens (tertiary/aromatic N) is 4. The molecule has 5 heteroatoms. The van der Waals surface area contributed by atoms with E-state index >= 15 is 0 Å². The third-order valence-corrected chi connectivity index (χ3v) is 3.29. The summed E-state index contributed by atoms with van der Waals surface area (Å²) in [6.45, 7) is 7.10. The molecule has 0 atom stereocenters. The van der Waals surface area contributed by atoms with Crippen molar-refractivity contribution < 1.29 is 0 Å². The van der Waals surface area contributed by atoms with Crippen LogP contribution in [0.2, 0.25) is 0 Å². The predicted octanol–water partition coefficient (Wildman–Crippen LogP) is 3.57. The minimum Gasteiger partial charge on any atom is -0.355 e. The van der Waals surface area contributed by atoms with Crippen LogP contribution in [0.1, 0.15) is 32.2 Å². The van der Waals surface area contributed by atoms with Gasteiger partial charge in [0.2, 0.25) is 0 Å². The summed E-state index contributed by atoms with van der Waals surface area (Å²) in [5.74, 6) is 1.74. The first-order valence-electron chi connectivity index (χ1n) is 6.51. The van der Waals surface area contributed by atoms with E-state index < -0.39 is 0 Å². The summed E-state index contributed by atoms with van der Waals surface area (Å²) < 4.78 is 0.811. The van der Waals surface area contributed by atoms with E-state index in [9.17, 15) is 0 Å². The molecule has 0 aliphatic carbocycles. The Kier molecular flexibility index (Phi) is 4.38. The molecule has 0 aromatic carbocycles. The molecule has 2 aromatic rings. The van der Waals surface area contributed by atoms with Crippen molar-refractivity contribution in [2.45, 2.75) is 32.7 Å². The predicted molar refractivity (Wildman–Crippen MR) is 84.8 cm³/mol. The van der Waals surface area contributed by atoms with Gasteiger partial charge in [0.15, 0.2) is 0 Å². The van der Waals surface area contributed by atoms with Gasteiger partial charge in [-0.1, -0.05) is 26.8 Å². The van der Waals surface area contributed by atoms with Gasteiger partial charge in [0.05, 0.1) is 0 Å². The molecule has 0 fully saturated rings. The van der Waals surface area contributed by atoms with E-state index in [1.807, 2.05) is 25.4 Å². The van der Waals surface area contributed by atoms with Crippen LogP contribution in [-0.2, 0) is 12.0 Å². The van der Waals surface area contributed by atoms with Crippen LogP contribution >= 0.6 is 15.9 Å². The highest BCUT2D eigenvalue weighted by Crippen LogP contribution is 2.24. The number of halogens is 1. The van der Waals surface area contributed by atoms with E-state index in [-0.39, 0.29) is 5.41 Å². The fourth-order valence-corrected chi connectivity index (χ4v) is 2.16. The van der Waals surface area contributed by atoms with Gasteiger partial charge < -0.3 is 4.90 Å². The molecular formula is C15H19BrN4. The van der Waals surface area contributed by atoms with Crippen LogP contribution < -0.4 is 4.90 Å². The molecule has 2 heterocycles. The zero-order valence-electron chi connectivity index (χ0n) is 12.3. The summed E-state index contributed by atoms with van der Waals surface area (Å²) in [5.41, 5.74) is 1.08. The number of hydrogen-bond acceptors (Lipinski definition) is 4. The molecule has 2 aromatic heterocycles. The Labute approximate surface area is 128 Å². The Morgan fingerprint density at radius 3 is 2.60 bits per heavy atom. The Morgan fingerprint density at radius 2 is 2.00 bits per heavy atom. The summed E-state index contributed by atoms with van der Waals surface area (Å²) in [6.07, 6.45) is 3.65. The van der Waals surface area contributed by atoms with Gasteiger partial charge in [-0.3, -0.25) is 4.98 Å². The molecule has 0 amide bonds. The van der Waals surface area contributed by atoms with E-state index in [1.54, 1.807) is 6.20 Å². The fourth-order valence-electron chi connectivity index (χ4n) is 1.78. The molecule has 0 saturated carbocycles. The molecule has 0 saturated heterocycles. The fraction of sp³-hybridized carbons (Fsp3) is 0.400. The van der Waals surface area contributed by atoms with Crippen molar-refractivity contribution in [2.75, 3.05) is 11.9 Å². The first kappa shape index (κ1) is 14.9. The molecule has 0 unspecified atom stereocenters. The minimum absolute atomic E-state index is 0.0757. The maximum Gasteiger partial charge on any atom is 0.137 e. The maximum atomic E-state index is 4.67. The van der Waals surface area contributed by atoms with Crippen LogP contribution in [-0.4, -0.2) is 22.0 Å². The highest BCUT2D eigenvalue weighted by molar-refractivity contribution is 9.10. The molecule has 0 spiro atoms. The van der Waals surface area contributed by atoms with Crippen molar-refractivity contribution in [3.8, 4) is 0 Å². The normalized spacial score (nSPS) is 11.4. The van der Waals surface area contributed by atoms with Crippen LogP contribution in [0.3, 0.4) is 0 Å². The minimum atomic E-state index is -0.0757. The van der Waals surface area contributed by atoms with Gasteiger partial charge in [-0.2, -0.15) is 0 Å². The second kappa shape index (κ2) is 5.87. The Morgan fingerprint density at radius 1 is 1.25 bits per heavy atom. The van der Waals surface area contributed by atoms with Crippen LogP contribution in [0.15, 0.2) is 35.2 Å². The van der Waals surface area contributed by atoms with E-state index in [0.29, 0.717) is 0 Å². The second-order valence-electron chi connectivity index (χ2n) is 5.84. The second-order valence-corrected chi connectivity index (χ2v) is 6.65. The SMILES string of the molecule is CN(Cc1cccnc1)c1cc(Br)nc(C(C)(C)C)n1. The third-order valence-electron chi connectivity index (χ3n) is 2.89. The lowest BCUT2D eigenvalue weighted by Gasteiger charge is -2.22. The van der Waals surface area contributed by atoms with Crippen molar-refractivity contribution in [3.05, 3.63) is 46.6 Å². The monoisotopic (exact) mass is 334 g/mol. The van der Waals surface area contributed by atoms with Gasteiger partial charge in [0.1, 0.15) is 16.2 Å². The summed E-state index contributed by atoms with van der Waals surface area (Å²) in [6, 6.07) is 5.94. The zero-order valence-corrected chi connectivity index (χ0v) is 13.8. The topological polar surface area (TPSA) is 41.9 Å². The largest absolute Gasteiger partial charge is 0.355 e. The Balaban J connectivity index is 2.26. The average Bonchev–Trinajstić information content (AvgIpc) is 2.38. The molecule has 106 valence electrons. The van der Waals surface area contributed by atoms with Gasteiger partial charge >= 0.3 is 0 Å². The van der Waals surface area contributed by atoms with Crippen LogP contribution in [0.25, 0.3) is 0 Å². The zero-order chi connectivity index (χ0) is 14.8. The first-order chi connectivity index (χ1) is 9.36. The molecule has 4 nitrogen and oxygen atoms in total. The highest BCUT2D eigenvalue weighted by atomic mass is 79.9. The summed E-state index contributed by atoms with van der Waals surface area (Å²) in [5, 5.41) is 0. The van der Waals surface area contributed by atoms with Gasteiger partial charge in [0.25, 0.3) is 0 Å². The lowest BCUT2D eigenvalue weighted by Crippen LogP contribution is -2.22. The van der Waals surface area contributed by atoms with Gasteiger partial charge in [-0.25, -0.2) is 9.97 Å². The molecule has 0 N–H and O–H groups in total. The summed E-state index contributed by atoms with van der Waals surface area (Å²) in [7, 11) is 2.02. The van der Waals surface area contributed by atoms with E-state index in [2.05, 4.69) is 62.6 Å². The van der Waals surface area contributed by atoms with Gasteiger partial charge in [-0.05, 0) is 27.6 Å². The first-order valence-corrected chi connectivity index (χ1v) is 7.30. The average molecular weight is 335 g/mol. The lowest BCUT2D eigenvalue weighted by molar-refractivity contribution is 0.542. The maximum absolute atomic E-state index is 4.67. The number of rotatable bonds is 3. The number of anilines is 1. The quantitative estimate of drug-likeness (QED) is 0.804. The Hall–Kier alpha value is -1.49. The van der Waals surface area contributed by atoms with Crippen molar-refractivity contribution in [2.24, 2.45) is 0 Å². The van der Waals surface area contributed by atoms with Gasteiger partial charge in [0, 0.05) is 37.5 Å². The molecule has 0 aliphatic heterocycles. The molecular weight excluding hydrogens is 316 g/mol. The summed E-state index contributed by atoms with van der Waals surface area (Å²) in [4.78, 5) is 15.4. The lowest BCUT2D eigenvalue weighted by atomic mass is 9.96. The van der Waals surface area contributed by atoms with Crippen LogP contribution in [0.5, 0.6) is 0 Å². The smallest absolute Gasteiger partial charge is 0.137 e. The van der Waals surface area contributed by atoms with Gasteiger partial charge in [-0.15, -0.1) is 0 Å². The van der Waals surface area contributed by atoms with E-state index in [4.69, 9.17) is 0 Å². The summed E-state index contributed by atoms with van der Waals surface area (Å²) >= 11 is 3.47. The van der Waals surface area contributed by atoms with Crippen LogP contribution in [0.4, 0.5) is 5.82 Å². The molecule has 0 bridgehead atoms. The molecule has 0 radical (unpaired) electrons. The Bertz CT molecular complexity index is 578. The van der Waals surface area contributed by atoms with E-state index in [0.717, 1.165) is 28.4 Å². The van der Waals surface area contributed by atoms with Crippen molar-refractivity contribution >= 4 is 21.7 Å². The third kappa shape index (κ3) is 3.76. The van der Waals surface area contributed by atoms with Crippen molar-refractivity contribution in [3.63, 3.8) is 0 Å². The number of hydrogen-bond donors (Lipinski definition) is 0. The molecule has 0 aliphatic rings. The standard InChI is InChI=1S/C15H19BrN4/c1-15(2,3)14-18-12(16)8-13(19-14)20(4)10-11-6-5-7-17-9-11/h5-9H,10H2,1-4H3. The van der Waals surface area contributed by atoms with Crippen molar-refractivity contribution in [1.82, 2.24) is 15.0 Å².